The SMILES string of the molecule is CN(C(=O)OCC1c2ccccc2-c2ccccc21)c1ccc(Cl)c(C(=O)O)c1. The van der Waals surface area contributed by atoms with Gasteiger partial charge >= 0.3 is 12.1 Å². The van der Waals surface area contributed by atoms with Gasteiger partial charge in [0.2, 0.25) is 0 Å². The van der Waals surface area contributed by atoms with E-state index in [1.54, 1.807) is 6.07 Å². The molecule has 1 N–H and O–H groups in total. The van der Waals surface area contributed by atoms with Crippen LogP contribution in [0.2, 0.25) is 5.02 Å². The highest BCUT2D eigenvalue weighted by molar-refractivity contribution is 6.33. The number of amides is 1. The quantitative estimate of drug-likeness (QED) is 0.626. The maximum absolute atomic E-state index is 12.6. The molecule has 0 fully saturated rings. The minimum Gasteiger partial charge on any atom is -0.478 e. The van der Waals surface area contributed by atoms with Gasteiger partial charge in [0, 0.05) is 18.7 Å². The topological polar surface area (TPSA) is 66.8 Å². The van der Waals surface area contributed by atoms with E-state index in [0.717, 1.165) is 22.3 Å². The molecule has 0 saturated carbocycles. The molecular weight excluding hydrogens is 390 g/mol. The predicted octanol–water partition coefficient (Wildman–Crippen LogP) is 5.42. The van der Waals surface area contributed by atoms with Crippen molar-refractivity contribution in [3.63, 3.8) is 0 Å². The van der Waals surface area contributed by atoms with Gasteiger partial charge in [0.05, 0.1) is 10.6 Å². The third kappa shape index (κ3) is 3.45. The molecule has 0 radical (unpaired) electrons. The fourth-order valence-electron chi connectivity index (χ4n) is 3.68. The largest absolute Gasteiger partial charge is 0.478 e. The second-order valence-electron chi connectivity index (χ2n) is 6.83. The lowest BCUT2D eigenvalue weighted by atomic mass is 9.98. The van der Waals surface area contributed by atoms with E-state index >= 15 is 0 Å². The van der Waals surface area contributed by atoms with E-state index in [0.29, 0.717) is 5.69 Å². The van der Waals surface area contributed by atoms with E-state index in [4.69, 9.17) is 16.3 Å². The van der Waals surface area contributed by atoms with Crippen LogP contribution in [0.25, 0.3) is 11.1 Å². The highest BCUT2D eigenvalue weighted by Gasteiger charge is 2.29. The van der Waals surface area contributed by atoms with Crippen molar-refractivity contribution in [1.29, 1.82) is 0 Å². The molecule has 4 rings (SSSR count). The van der Waals surface area contributed by atoms with Crippen molar-refractivity contribution in [3.8, 4) is 11.1 Å². The fraction of sp³-hybridized carbons (Fsp3) is 0.130. The lowest BCUT2D eigenvalue weighted by Gasteiger charge is -2.20. The molecule has 29 heavy (non-hydrogen) atoms. The summed E-state index contributed by atoms with van der Waals surface area (Å²) in [7, 11) is 1.54. The first-order valence-electron chi connectivity index (χ1n) is 9.09. The van der Waals surface area contributed by atoms with Gasteiger partial charge in [-0.05, 0) is 40.5 Å². The molecular formula is C23H18ClNO4. The standard InChI is InChI=1S/C23H18ClNO4/c1-25(14-10-11-21(24)19(12-14)22(26)27)23(28)29-13-20-17-8-4-2-6-15(17)16-7-3-5-9-18(16)20/h2-12,20H,13H2,1H3,(H,26,27). The highest BCUT2D eigenvalue weighted by atomic mass is 35.5. The number of ether oxygens (including phenoxy) is 1. The van der Waals surface area contributed by atoms with Gasteiger partial charge in [0.15, 0.2) is 0 Å². The normalized spacial score (nSPS) is 12.2. The van der Waals surface area contributed by atoms with Crippen molar-refractivity contribution in [2.45, 2.75) is 5.92 Å². The van der Waals surface area contributed by atoms with Crippen LogP contribution in [0, 0.1) is 0 Å². The van der Waals surface area contributed by atoms with E-state index in [-0.39, 0.29) is 23.1 Å². The molecule has 0 aliphatic heterocycles. The molecule has 0 spiro atoms. The van der Waals surface area contributed by atoms with E-state index < -0.39 is 12.1 Å². The Hall–Kier alpha value is -3.31. The van der Waals surface area contributed by atoms with E-state index in [1.807, 2.05) is 24.3 Å². The summed E-state index contributed by atoms with van der Waals surface area (Å²) in [5.74, 6) is -1.20. The summed E-state index contributed by atoms with van der Waals surface area (Å²) in [5, 5.41) is 9.34. The number of halogens is 1. The zero-order chi connectivity index (χ0) is 20.5. The molecule has 0 unspecified atom stereocenters. The molecule has 5 nitrogen and oxygen atoms in total. The fourth-order valence-corrected chi connectivity index (χ4v) is 3.88. The summed E-state index contributed by atoms with van der Waals surface area (Å²) in [4.78, 5) is 25.2. The summed E-state index contributed by atoms with van der Waals surface area (Å²) < 4.78 is 5.59. The Kier molecular flexibility index (Phi) is 4.99. The van der Waals surface area contributed by atoms with Gasteiger partial charge in [-0.25, -0.2) is 9.59 Å². The van der Waals surface area contributed by atoms with E-state index in [2.05, 4.69) is 24.3 Å². The van der Waals surface area contributed by atoms with E-state index in [1.165, 1.54) is 24.1 Å². The van der Waals surface area contributed by atoms with Gasteiger partial charge < -0.3 is 9.84 Å². The molecule has 1 aliphatic rings. The molecule has 6 heteroatoms. The summed E-state index contributed by atoms with van der Waals surface area (Å²) in [5.41, 5.74) is 4.89. The zero-order valence-electron chi connectivity index (χ0n) is 15.6. The number of hydrogen-bond acceptors (Lipinski definition) is 3. The van der Waals surface area contributed by atoms with Gasteiger partial charge in [0.25, 0.3) is 0 Å². The number of rotatable bonds is 4. The molecule has 0 heterocycles. The van der Waals surface area contributed by atoms with Gasteiger partial charge in [0.1, 0.15) is 6.61 Å². The minimum absolute atomic E-state index is 0.0421. The smallest absolute Gasteiger partial charge is 0.414 e. The van der Waals surface area contributed by atoms with Crippen molar-refractivity contribution in [2.24, 2.45) is 0 Å². The average molecular weight is 408 g/mol. The van der Waals surface area contributed by atoms with Crippen LogP contribution in [-0.4, -0.2) is 30.8 Å². The van der Waals surface area contributed by atoms with Crippen LogP contribution < -0.4 is 4.90 Å². The number of carbonyl (C=O) groups is 2. The van der Waals surface area contributed by atoms with Crippen LogP contribution in [0.4, 0.5) is 10.5 Å². The molecule has 3 aromatic carbocycles. The maximum atomic E-state index is 12.6. The minimum atomic E-state index is -1.15. The van der Waals surface area contributed by atoms with E-state index in [9.17, 15) is 14.7 Å². The van der Waals surface area contributed by atoms with Gasteiger partial charge in [-0.2, -0.15) is 0 Å². The molecule has 1 aliphatic carbocycles. The summed E-state index contributed by atoms with van der Waals surface area (Å²) in [6.07, 6.45) is -0.564. The van der Waals surface area contributed by atoms with Gasteiger partial charge in [-0.1, -0.05) is 60.1 Å². The number of nitrogens with zero attached hydrogens (tertiary/aromatic N) is 1. The zero-order valence-corrected chi connectivity index (χ0v) is 16.4. The third-order valence-corrected chi connectivity index (χ3v) is 5.51. The number of anilines is 1. The first-order valence-corrected chi connectivity index (χ1v) is 9.46. The summed E-state index contributed by atoms with van der Waals surface area (Å²) in [6.45, 7) is 0.191. The van der Waals surface area contributed by atoms with Crippen molar-refractivity contribution in [3.05, 3.63) is 88.4 Å². The highest BCUT2D eigenvalue weighted by Crippen LogP contribution is 2.44. The Morgan fingerprint density at radius 2 is 1.59 bits per heavy atom. The second-order valence-corrected chi connectivity index (χ2v) is 7.24. The molecule has 0 aromatic heterocycles. The summed E-state index contributed by atoms with van der Waals surface area (Å²) in [6, 6.07) is 20.6. The lowest BCUT2D eigenvalue weighted by molar-refractivity contribution is 0.0697. The average Bonchev–Trinajstić information content (AvgIpc) is 3.05. The summed E-state index contributed by atoms with van der Waals surface area (Å²) >= 11 is 5.90. The van der Waals surface area contributed by atoms with Gasteiger partial charge in [-0.15, -0.1) is 0 Å². The first kappa shape index (κ1) is 19.0. The predicted molar refractivity (Wildman–Crippen MR) is 112 cm³/mol. The van der Waals surface area contributed by atoms with Crippen LogP contribution in [0.5, 0.6) is 0 Å². The molecule has 3 aromatic rings. The maximum Gasteiger partial charge on any atom is 0.414 e. The number of benzene rings is 3. The van der Waals surface area contributed by atoms with Crippen molar-refractivity contribution >= 4 is 29.4 Å². The molecule has 146 valence electrons. The first-order chi connectivity index (χ1) is 14.0. The Morgan fingerprint density at radius 3 is 2.17 bits per heavy atom. The van der Waals surface area contributed by atoms with Crippen molar-refractivity contribution in [1.82, 2.24) is 0 Å². The van der Waals surface area contributed by atoms with Crippen LogP contribution in [0.3, 0.4) is 0 Å². The number of carbonyl (C=O) groups excluding carboxylic acids is 1. The number of hydrogen-bond donors (Lipinski definition) is 1. The number of aromatic carboxylic acids is 1. The van der Waals surface area contributed by atoms with Crippen LogP contribution in [0.15, 0.2) is 66.7 Å². The third-order valence-electron chi connectivity index (χ3n) is 5.18. The monoisotopic (exact) mass is 407 g/mol. The van der Waals surface area contributed by atoms with Crippen molar-refractivity contribution < 1.29 is 19.4 Å². The van der Waals surface area contributed by atoms with Gasteiger partial charge in [-0.3, -0.25) is 4.90 Å². The molecule has 0 atom stereocenters. The second kappa shape index (κ2) is 7.60. The number of carboxylic acid groups (broad SMARTS) is 1. The Morgan fingerprint density at radius 1 is 1.00 bits per heavy atom. The van der Waals surface area contributed by atoms with Crippen LogP contribution in [0.1, 0.15) is 27.4 Å². The number of carboxylic acids is 1. The molecule has 0 saturated heterocycles. The lowest BCUT2D eigenvalue weighted by Crippen LogP contribution is -2.28. The number of fused-ring (bicyclic) bond motifs is 3. The van der Waals surface area contributed by atoms with Crippen LogP contribution in [-0.2, 0) is 4.74 Å². The van der Waals surface area contributed by atoms with Crippen molar-refractivity contribution in [2.75, 3.05) is 18.6 Å². The Labute approximate surface area is 173 Å². The molecule has 0 bridgehead atoms. The Bertz CT molecular complexity index is 1070. The van der Waals surface area contributed by atoms with Crippen LogP contribution >= 0.6 is 11.6 Å². The molecule has 1 amide bonds. The Balaban J connectivity index is 1.53.